The van der Waals surface area contributed by atoms with Crippen molar-refractivity contribution in [1.29, 1.82) is 0 Å². The van der Waals surface area contributed by atoms with E-state index in [9.17, 15) is 0 Å². The van der Waals surface area contributed by atoms with Crippen LogP contribution in [0.15, 0.2) is 48.5 Å². The monoisotopic (exact) mass is 285 g/mol. The van der Waals surface area contributed by atoms with Crippen molar-refractivity contribution in [2.75, 3.05) is 19.0 Å². The molecule has 0 radical (unpaired) electrons. The van der Waals surface area contributed by atoms with Crippen molar-refractivity contribution >= 4 is 5.69 Å². The molecular formula is C18H23NO2. The molecule has 0 aliphatic rings. The van der Waals surface area contributed by atoms with Crippen LogP contribution < -0.4 is 14.8 Å². The van der Waals surface area contributed by atoms with Gasteiger partial charge in [-0.2, -0.15) is 0 Å². The van der Waals surface area contributed by atoms with Gasteiger partial charge in [-0.25, -0.2) is 0 Å². The molecule has 0 aliphatic carbocycles. The van der Waals surface area contributed by atoms with Gasteiger partial charge in [0.2, 0.25) is 0 Å². The topological polar surface area (TPSA) is 30.5 Å². The number of hydrogen-bond donors (Lipinski definition) is 1. The zero-order valence-corrected chi connectivity index (χ0v) is 12.9. The molecule has 0 amide bonds. The molecule has 1 unspecified atom stereocenters. The lowest BCUT2D eigenvalue weighted by atomic mass is 10.1. The van der Waals surface area contributed by atoms with Crippen LogP contribution in [0.25, 0.3) is 0 Å². The van der Waals surface area contributed by atoms with Crippen LogP contribution in [0.1, 0.15) is 31.9 Å². The molecule has 0 saturated carbocycles. The fourth-order valence-electron chi connectivity index (χ4n) is 2.11. The zero-order chi connectivity index (χ0) is 15.1. The van der Waals surface area contributed by atoms with Gasteiger partial charge >= 0.3 is 0 Å². The fourth-order valence-corrected chi connectivity index (χ4v) is 2.11. The Morgan fingerprint density at radius 3 is 2.48 bits per heavy atom. The second kappa shape index (κ2) is 7.58. The molecule has 0 fully saturated rings. The summed E-state index contributed by atoms with van der Waals surface area (Å²) in [5, 5.41) is 3.48. The van der Waals surface area contributed by atoms with Crippen molar-refractivity contribution in [3.05, 3.63) is 54.1 Å². The maximum Gasteiger partial charge on any atom is 0.119 e. The number of nitrogens with one attached hydrogen (secondary N) is 1. The molecule has 21 heavy (non-hydrogen) atoms. The lowest BCUT2D eigenvalue weighted by molar-refractivity contribution is 0.317. The molecule has 112 valence electrons. The van der Waals surface area contributed by atoms with Crippen LogP contribution >= 0.6 is 0 Å². The van der Waals surface area contributed by atoms with Crippen molar-refractivity contribution in [2.24, 2.45) is 0 Å². The van der Waals surface area contributed by atoms with Crippen LogP contribution in [-0.2, 0) is 0 Å². The van der Waals surface area contributed by atoms with Gasteiger partial charge in [0.25, 0.3) is 0 Å². The van der Waals surface area contributed by atoms with E-state index >= 15 is 0 Å². The summed E-state index contributed by atoms with van der Waals surface area (Å²) in [5.74, 6) is 1.79. The average molecular weight is 285 g/mol. The van der Waals surface area contributed by atoms with E-state index in [4.69, 9.17) is 9.47 Å². The minimum absolute atomic E-state index is 0.211. The van der Waals surface area contributed by atoms with Crippen molar-refractivity contribution in [1.82, 2.24) is 0 Å². The SMILES string of the molecule is CCCOc1ccc(NC(C)c2cccc(OC)c2)cc1. The lowest BCUT2D eigenvalue weighted by Gasteiger charge is -2.17. The van der Waals surface area contributed by atoms with Gasteiger partial charge in [0.1, 0.15) is 11.5 Å². The zero-order valence-electron chi connectivity index (χ0n) is 12.9. The van der Waals surface area contributed by atoms with Crippen LogP contribution in [-0.4, -0.2) is 13.7 Å². The molecule has 2 rings (SSSR count). The average Bonchev–Trinajstić information content (AvgIpc) is 2.54. The second-order valence-corrected chi connectivity index (χ2v) is 5.02. The molecule has 0 bridgehead atoms. The van der Waals surface area contributed by atoms with E-state index in [0.29, 0.717) is 0 Å². The van der Waals surface area contributed by atoms with Crippen LogP contribution in [0.5, 0.6) is 11.5 Å². The smallest absolute Gasteiger partial charge is 0.119 e. The molecule has 0 saturated heterocycles. The van der Waals surface area contributed by atoms with Crippen LogP contribution in [0.3, 0.4) is 0 Å². The third-order valence-electron chi connectivity index (χ3n) is 3.30. The van der Waals surface area contributed by atoms with Gasteiger partial charge in [0.15, 0.2) is 0 Å². The Balaban J connectivity index is 1.99. The first-order valence-electron chi connectivity index (χ1n) is 7.36. The first-order chi connectivity index (χ1) is 10.2. The van der Waals surface area contributed by atoms with Crippen molar-refractivity contribution in [3.63, 3.8) is 0 Å². The highest BCUT2D eigenvalue weighted by atomic mass is 16.5. The molecule has 3 heteroatoms. The predicted octanol–water partition coefficient (Wildman–Crippen LogP) is 4.66. The Labute approximate surface area is 126 Å². The lowest BCUT2D eigenvalue weighted by Crippen LogP contribution is -2.06. The highest BCUT2D eigenvalue weighted by molar-refractivity contribution is 5.48. The highest BCUT2D eigenvalue weighted by Gasteiger charge is 2.06. The molecule has 2 aromatic rings. The summed E-state index contributed by atoms with van der Waals surface area (Å²) in [6.07, 6.45) is 1.02. The minimum atomic E-state index is 0.211. The summed E-state index contributed by atoms with van der Waals surface area (Å²) in [7, 11) is 1.69. The summed E-state index contributed by atoms with van der Waals surface area (Å²) in [5.41, 5.74) is 2.27. The standard InChI is InChI=1S/C18H23NO2/c1-4-12-21-17-10-8-16(9-11-17)19-14(2)15-6-5-7-18(13-15)20-3/h5-11,13-14,19H,4,12H2,1-3H3. The van der Waals surface area contributed by atoms with E-state index in [1.807, 2.05) is 36.4 Å². The van der Waals surface area contributed by atoms with Gasteiger partial charge < -0.3 is 14.8 Å². The molecule has 1 atom stereocenters. The van der Waals surface area contributed by atoms with Gasteiger partial charge in [-0.1, -0.05) is 19.1 Å². The van der Waals surface area contributed by atoms with Crippen LogP contribution in [0, 0.1) is 0 Å². The fraction of sp³-hybridized carbons (Fsp3) is 0.333. The number of rotatable bonds is 7. The van der Waals surface area contributed by atoms with E-state index in [1.54, 1.807) is 7.11 Å². The molecule has 3 nitrogen and oxygen atoms in total. The number of anilines is 1. The first kappa shape index (κ1) is 15.2. The maximum absolute atomic E-state index is 5.59. The van der Waals surface area contributed by atoms with Crippen molar-refractivity contribution in [3.8, 4) is 11.5 Å². The predicted molar refractivity (Wildman–Crippen MR) is 87.3 cm³/mol. The van der Waals surface area contributed by atoms with Gasteiger partial charge in [-0.15, -0.1) is 0 Å². The van der Waals surface area contributed by atoms with Crippen molar-refractivity contribution < 1.29 is 9.47 Å². The Morgan fingerprint density at radius 2 is 1.81 bits per heavy atom. The third kappa shape index (κ3) is 4.42. The van der Waals surface area contributed by atoms with Crippen LogP contribution in [0.2, 0.25) is 0 Å². The summed E-state index contributed by atoms with van der Waals surface area (Å²) in [6.45, 7) is 5.00. The molecule has 0 aromatic heterocycles. The molecule has 1 N–H and O–H groups in total. The molecule has 0 spiro atoms. The normalized spacial score (nSPS) is 11.8. The number of benzene rings is 2. The third-order valence-corrected chi connectivity index (χ3v) is 3.30. The van der Waals surface area contributed by atoms with Gasteiger partial charge in [0.05, 0.1) is 13.7 Å². The summed E-state index contributed by atoms with van der Waals surface area (Å²) < 4.78 is 10.8. The minimum Gasteiger partial charge on any atom is -0.497 e. The van der Waals surface area contributed by atoms with E-state index in [-0.39, 0.29) is 6.04 Å². The molecule has 0 heterocycles. The molecule has 0 aliphatic heterocycles. The summed E-state index contributed by atoms with van der Waals surface area (Å²) >= 11 is 0. The second-order valence-electron chi connectivity index (χ2n) is 5.02. The number of methoxy groups -OCH3 is 1. The van der Waals surface area contributed by atoms with E-state index in [0.717, 1.165) is 30.2 Å². The quantitative estimate of drug-likeness (QED) is 0.802. The Kier molecular flexibility index (Phi) is 5.50. The number of hydrogen-bond acceptors (Lipinski definition) is 3. The first-order valence-corrected chi connectivity index (χ1v) is 7.36. The molecular weight excluding hydrogens is 262 g/mol. The van der Waals surface area contributed by atoms with Crippen LogP contribution in [0.4, 0.5) is 5.69 Å². The summed E-state index contributed by atoms with van der Waals surface area (Å²) in [4.78, 5) is 0. The van der Waals surface area contributed by atoms with Gasteiger partial charge in [-0.3, -0.25) is 0 Å². The Hall–Kier alpha value is -2.16. The van der Waals surface area contributed by atoms with E-state index < -0.39 is 0 Å². The van der Waals surface area contributed by atoms with Gasteiger partial charge in [0, 0.05) is 11.7 Å². The maximum atomic E-state index is 5.59. The Morgan fingerprint density at radius 1 is 1.05 bits per heavy atom. The Bertz CT molecular complexity index is 551. The van der Waals surface area contributed by atoms with Gasteiger partial charge in [-0.05, 0) is 55.3 Å². The highest BCUT2D eigenvalue weighted by Crippen LogP contribution is 2.24. The van der Waals surface area contributed by atoms with E-state index in [2.05, 4.69) is 31.3 Å². The largest absolute Gasteiger partial charge is 0.497 e. The summed E-state index contributed by atoms with van der Waals surface area (Å²) in [6, 6.07) is 16.4. The van der Waals surface area contributed by atoms with Crippen molar-refractivity contribution in [2.45, 2.75) is 26.3 Å². The van der Waals surface area contributed by atoms with E-state index in [1.165, 1.54) is 5.56 Å². The number of ether oxygens (including phenoxy) is 2. The molecule has 2 aromatic carbocycles.